The van der Waals surface area contributed by atoms with Gasteiger partial charge in [-0.1, -0.05) is 72.6 Å². The van der Waals surface area contributed by atoms with Crippen molar-refractivity contribution in [3.63, 3.8) is 0 Å². The molecule has 11 heteroatoms. The summed E-state index contributed by atoms with van der Waals surface area (Å²) in [5, 5.41) is 11.5. The summed E-state index contributed by atoms with van der Waals surface area (Å²) in [7, 11) is -12.0. The van der Waals surface area contributed by atoms with Crippen molar-refractivity contribution >= 4 is 41.1 Å². The summed E-state index contributed by atoms with van der Waals surface area (Å²) in [5.74, 6) is -0.0727. The lowest BCUT2D eigenvalue weighted by atomic mass is 9.59. The first kappa shape index (κ1) is 31.2. The summed E-state index contributed by atoms with van der Waals surface area (Å²) >= 11 is 2.22. The van der Waals surface area contributed by atoms with Crippen molar-refractivity contribution in [1.82, 2.24) is 4.98 Å². The molecule has 1 aromatic heterocycles. The predicted molar refractivity (Wildman–Crippen MR) is 159 cm³/mol. The fraction of sp³-hybridized carbons (Fsp3) is 0.607. The minimum atomic E-state index is -9.81. The number of hydrogen-bond donors (Lipinski definition) is 1. The molecule has 220 valence electrons. The summed E-state index contributed by atoms with van der Waals surface area (Å²) in [6.07, 6.45) is 3.63. The van der Waals surface area contributed by atoms with Gasteiger partial charge in [-0.2, -0.15) is 0 Å². The molecule has 2 unspecified atom stereocenters. The highest BCUT2D eigenvalue weighted by atomic mass is 127. The maximum Gasteiger partial charge on any atom is 0.310 e. The third kappa shape index (κ3) is 6.08. The Hall–Kier alpha value is -0.763. The average molecular weight is 704 g/mol. The Morgan fingerprint density at radius 3 is 2.08 bits per heavy atom. The number of halogens is 6. The zero-order valence-electron chi connectivity index (χ0n) is 23.6. The molecule has 0 radical (unpaired) electrons. The average Bonchev–Trinajstić information content (AvgIpc) is 2.74. The van der Waals surface area contributed by atoms with Crippen LogP contribution in [-0.4, -0.2) is 18.4 Å². The molecular formula is C28H39F5INO2SSi. The Kier molecular flexibility index (Phi) is 7.29. The lowest BCUT2D eigenvalue weighted by Crippen LogP contribution is -2.46. The Bertz CT molecular complexity index is 1270. The van der Waals surface area contributed by atoms with E-state index in [9.17, 15) is 24.5 Å². The van der Waals surface area contributed by atoms with Gasteiger partial charge in [0.25, 0.3) is 0 Å². The zero-order chi connectivity index (χ0) is 29.5. The molecule has 2 aliphatic rings. The maximum atomic E-state index is 13.3. The third-order valence-corrected chi connectivity index (χ3v) is 15.7. The van der Waals surface area contributed by atoms with Gasteiger partial charge in [0.05, 0.1) is 11.8 Å². The first-order valence-corrected chi connectivity index (χ1v) is 19.3. The second-order valence-electron chi connectivity index (χ2n) is 13.3. The molecule has 2 aliphatic carbocycles. The molecule has 0 amide bonds. The van der Waals surface area contributed by atoms with Gasteiger partial charge in [-0.25, -0.2) is 0 Å². The molecule has 1 heterocycles. The van der Waals surface area contributed by atoms with E-state index in [1.807, 2.05) is 13.8 Å². The van der Waals surface area contributed by atoms with Crippen LogP contribution in [0.5, 0.6) is 0 Å². The van der Waals surface area contributed by atoms with Gasteiger partial charge >= 0.3 is 10.2 Å². The van der Waals surface area contributed by atoms with E-state index >= 15 is 0 Å². The lowest BCUT2D eigenvalue weighted by Gasteiger charge is -2.50. The predicted octanol–water partition coefficient (Wildman–Crippen LogP) is 10.7. The molecule has 0 bridgehead atoms. The van der Waals surface area contributed by atoms with Crippen LogP contribution in [0.4, 0.5) is 19.4 Å². The van der Waals surface area contributed by atoms with Gasteiger partial charge in [0.2, 0.25) is 0 Å². The van der Waals surface area contributed by atoms with E-state index in [-0.39, 0.29) is 28.0 Å². The van der Waals surface area contributed by atoms with Gasteiger partial charge in [-0.05, 0) is 95.4 Å². The topological polar surface area (TPSA) is 42.4 Å². The van der Waals surface area contributed by atoms with Crippen molar-refractivity contribution in [2.75, 3.05) is 0 Å². The van der Waals surface area contributed by atoms with E-state index in [4.69, 9.17) is 9.41 Å². The molecule has 1 saturated carbocycles. The standard InChI is InChI=1S/C28H39F5INO2SSi/c1-17(2)25-23(26(36)18-9-11-19(12-10-18)38(29,30,31,32)33)24(34)22-20(35-25)15-28(13-8-14-28)16-21(22)37-39(6,7)27(3,4)5/h9-12,17,21,26,36H,8,13-16H2,1-7H3. The number of nitrogens with zero attached hydrogens (tertiary/aromatic N) is 1. The van der Waals surface area contributed by atoms with Crippen LogP contribution >= 0.6 is 32.8 Å². The summed E-state index contributed by atoms with van der Waals surface area (Å²) in [6.45, 7) is 14.9. The second-order valence-corrected chi connectivity index (χ2v) is 21.5. The Balaban J connectivity index is 1.85. The van der Waals surface area contributed by atoms with Crippen molar-refractivity contribution in [2.45, 2.75) is 108 Å². The van der Waals surface area contributed by atoms with E-state index in [0.717, 1.165) is 52.6 Å². The number of pyridine rings is 1. The monoisotopic (exact) mass is 703 g/mol. The lowest BCUT2D eigenvalue weighted by molar-refractivity contribution is 0.0293. The largest absolute Gasteiger partial charge is 0.410 e. The van der Waals surface area contributed by atoms with E-state index in [1.54, 1.807) is 0 Å². The summed E-state index contributed by atoms with van der Waals surface area (Å²) in [4.78, 5) is 3.12. The number of aromatic nitrogens is 1. The van der Waals surface area contributed by atoms with E-state index in [0.29, 0.717) is 23.4 Å². The molecule has 1 N–H and O–H groups in total. The van der Waals surface area contributed by atoms with E-state index in [1.165, 1.54) is 6.42 Å². The van der Waals surface area contributed by atoms with Crippen molar-refractivity contribution in [3.8, 4) is 0 Å². The minimum absolute atomic E-state index is 0.0128. The Morgan fingerprint density at radius 1 is 1.08 bits per heavy atom. The number of hydrogen-bond acceptors (Lipinski definition) is 3. The van der Waals surface area contributed by atoms with Gasteiger partial charge in [-0.3, -0.25) is 4.98 Å². The van der Waals surface area contributed by atoms with Crippen LogP contribution < -0.4 is 0 Å². The highest BCUT2D eigenvalue weighted by Gasteiger charge is 2.65. The quantitative estimate of drug-likeness (QED) is 0.185. The molecule has 4 rings (SSSR count). The zero-order valence-corrected chi connectivity index (χ0v) is 27.5. The molecular weight excluding hydrogens is 664 g/mol. The molecule has 2 atom stereocenters. The molecule has 0 aliphatic heterocycles. The van der Waals surface area contributed by atoms with Crippen molar-refractivity contribution < 1.29 is 29.0 Å². The minimum Gasteiger partial charge on any atom is -0.410 e. The number of fused-ring (bicyclic) bond motifs is 1. The number of rotatable bonds is 6. The first-order chi connectivity index (χ1) is 17.4. The summed E-state index contributed by atoms with van der Waals surface area (Å²) in [6, 6.07) is 2.59. The van der Waals surface area contributed by atoms with Crippen LogP contribution in [0.1, 0.15) is 107 Å². The SMILES string of the molecule is CC(C)c1nc2c(c(I)c1C(O)c1ccc(S(F)(F)(F)(F)F)cc1)C(O[Si](C)(C)C(C)(C)C)CC1(CCC1)C2. The molecule has 0 saturated heterocycles. The normalized spacial score (nSPS) is 22.2. The Labute approximate surface area is 243 Å². The molecule has 1 fully saturated rings. The van der Waals surface area contributed by atoms with E-state index in [2.05, 4.69) is 56.5 Å². The van der Waals surface area contributed by atoms with Gasteiger partial charge in [0.15, 0.2) is 8.32 Å². The van der Waals surface area contributed by atoms with Crippen LogP contribution in [0.2, 0.25) is 18.1 Å². The van der Waals surface area contributed by atoms with Crippen LogP contribution in [0.15, 0.2) is 29.2 Å². The van der Waals surface area contributed by atoms with Crippen LogP contribution in [0.25, 0.3) is 0 Å². The van der Waals surface area contributed by atoms with Crippen molar-refractivity contribution in [2.24, 2.45) is 5.41 Å². The van der Waals surface area contributed by atoms with Gasteiger partial charge in [0, 0.05) is 20.4 Å². The number of aliphatic hydroxyl groups excluding tert-OH is 1. The molecule has 3 nitrogen and oxygen atoms in total. The summed E-state index contributed by atoms with van der Waals surface area (Å²) < 4.78 is 74.3. The molecule has 39 heavy (non-hydrogen) atoms. The first-order valence-electron chi connectivity index (χ1n) is 13.4. The maximum absolute atomic E-state index is 13.3. The van der Waals surface area contributed by atoms with Crippen LogP contribution in [0, 0.1) is 8.99 Å². The van der Waals surface area contributed by atoms with Crippen molar-refractivity contribution in [1.29, 1.82) is 0 Å². The van der Waals surface area contributed by atoms with Crippen molar-refractivity contribution in [3.05, 3.63) is 55.9 Å². The highest BCUT2D eigenvalue weighted by molar-refractivity contribution is 14.1. The third-order valence-electron chi connectivity index (χ3n) is 8.92. The fourth-order valence-electron chi connectivity index (χ4n) is 5.50. The molecule has 1 aromatic carbocycles. The Morgan fingerprint density at radius 2 is 1.64 bits per heavy atom. The highest BCUT2D eigenvalue weighted by Crippen LogP contribution is 3.02. The molecule has 2 aromatic rings. The van der Waals surface area contributed by atoms with Crippen LogP contribution in [0.3, 0.4) is 0 Å². The van der Waals surface area contributed by atoms with Gasteiger partial charge in [-0.15, -0.1) is 0 Å². The summed E-state index contributed by atoms with van der Waals surface area (Å²) in [5.41, 5.74) is 3.38. The van der Waals surface area contributed by atoms with Crippen LogP contribution in [-0.2, 0) is 10.8 Å². The molecule has 1 spiro atoms. The van der Waals surface area contributed by atoms with Gasteiger partial charge in [0.1, 0.15) is 11.0 Å². The second kappa shape index (κ2) is 9.12. The number of benzene rings is 1. The fourth-order valence-corrected chi connectivity index (χ4v) is 8.65. The van der Waals surface area contributed by atoms with E-state index < -0.39 is 29.5 Å². The number of aliphatic hydroxyl groups is 1. The smallest absolute Gasteiger partial charge is 0.310 e. The van der Waals surface area contributed by atoms with Gasteiger partial charge < -0.3 is 9.53 Å².